The van der Waals surface area contributed by atoms with Crippen molar-refractivity contribution < 1.29 is 14.0 Å². The predicted molar refractivity (Wildman–Crippen MR) is 71.4 cm³/mol. The maximum absolute atomic E-state index is 5.82. The van der Waals surface area contributed by atoms with Crippen LogP contribution in [0.15, 0.2) is 22.9 Å². The van der Waals surface area contributed by atoms with Crippen molar-refractivity contribution in [1.29, 1.82) is 0 Å². The molecule has 1 aliphatic rings. The molecule has 100 valence electrons. The van der Waals surface area contributed by atoms with Crippen molar-refractivity contribution in [2.24, 2.45) is 0 Å². The molecule has 0 aliphatic carbocycles. The van der Waals surface area contributed by atoms with Gasteiger partial charge in [-0.2, -0.15) is 0 Å². The maximum Gasteiger partial charge on any atom is 0.229 e. The Balaban J connectivity index is 2.19. The zero-order valence-corrected chi connectivity index (χ0v) is 11.0. The lowest BCUT2D eigenvalue weighted by molar-refractivity contribution is 0.171. The molecule has 0 fully saturated rings. The van der Waals surface area contributed by atoms with Crippen LogP contribution in [-0.2, 0) is 0 Å². The van der Waals surface area contributed by atoms with E-state index in [4.69, 9.17) is 19.7 Å². The molecule has 0 amide bonds. The normalized spacial score (nSPS) is 13.8. The standard InChI is InChI=1S/C14H16N2O3/c1-8(2)9-5-12-13(18-4-3-17-12)6-10(9)11-7-16-19-14(11)15/h5-8H,3-4,15H2,1-2H3. The first-order valence-corrected chi connectivity index (χ1v) is 6.31. The summed E-state index contributed by atoms with van der Waals surface area (Å²) in [5.41, 5.74) is 8.73. The minimum Gasteiger partial charge on any atom is -0.486 e. The van der Waals surface area contributed by atoms with E-state index in [9.17, 15) is 0 Å². The Morgan fingerprint density at radius 2 is 1.79 bits per heavy atom. The van der Waals surface area contributed by atoms with Gasteiger partial charge >= 0.3 is 0 Å². The van der Waals surface area contributed by atoms with Crippen molar-refractivity contribution in [3.05, 3.63) is 23.9 Å². The fourth-order valence-electron chi connectivity index (χ4n) is 2.27. The van der Waals surface area contributed by atoms with Crippen LogP contribution in [0.2, 0.25) is 0 Å². The Bertz CT molecular complexity index is 605. The van der Waals surface area contributed by atoms with E-state index in [1.165, 1.54) is 0 Å². The number of rotatable bonds is 2. The lowest BCUT2D eigenvalue weighted by atomic mass is 9.93. The van der Waals surface area contributed by atoms with E-state index >= 15 is 0 Å². The molecule has 0 radical (unpaired) electrons. The van der Waals surface area contributed by atoms with Crippen LogP contribution in [0.1, 0.15) is 25.3 Å². The van der Waals surface area contributed by atoms with Gasteiger partial charge in [0.1, 0.15) is 13.2 Å². The average Bonchev–Trinajstić information content (AvgIpc) is 2.83. The van der Waals surface area contributed by atoms with Gasteiger partial charge in [-0.05, 0) is 29.2 Å². The molecule has 19 heavy (non-hydrogen) atoms. The highest BCUT2D eigenvalue weighted by atomic mass is 16.6. The second kappa shape index (κ2) is 4.50. The minimum atomic E-state index is 0.318. The molecule has 5 heteroatoms. The number of benzene rings is 1. The van der Waals surface area contributed by atoms with E-state index in [1.807, 2.05) is 12.1 Å². The topological polar surface area (TPSA) is 70.5 Å². The molecular weight excluding hydrogens is 244 g/mol. The summed E-state index contributed by atoms with van der Waals surface area (Å²) in [6.45, 7) is 5.39. The third-order valence-corrected chi connectivity index (χ3v) is 3.22. The van der Waals surface area contributed by atoms with Crippen LogP contribution in [0.25, 0.3) is 11.1 Å². The lowest BCUT2D eigenvalue weighted by Crippen LogP contribution is -2.16. The van der Waals surface area contributed by atoms with Gasteiger partial charge in [-0.15, -0.1) is 0 Å². The van der Waals surface area contributed by atoms with Gasteiger partial charge < -0.3 is 19.7 Å². The van der Waals surface area contributed by atoms with Gasteiger partial charge in [-0.3, -0.25) is 0 Å². The van der Waals surface area contributed by atoms with Gasteiger partial charge in [0.25, 0.3) is 0 Å². The number of hydrogen-bond donors (Lipinski definition) is 1. The molecule has 5 nitrogen and oxygen atoms in total. The second-order valence-corrected chi connectivity index (χ2v) is 4.84. The third kappa shape index (κ3) is 2.01. The summed E-state index contributed by atoms with van der Waals surface area (Å²) in [4.78, 5) is 0. The summed E-state index contributed by atoms with van der Waals surface area (Å²) in [6, 6.07) is 3.97. The van der Waals surface area contributed by atoms with Gasteiger partial charge in [0.2, 0.25) is 5.88 Å². The molecule has 0 saturated carbocycles. The van der Waals surface area contributed by atoms with Gasteiger partial charge in [0.15, 0.2) is 11.5 Å². The summed E-state index contributed by atoms with van der Waals surface area (Å²) in [5.74, 6) is 2.18. The Morgan fingerprint density at radius 1 is 1.11 bits per heavy atom. The van der Waals surface area contributed by atoms with Gasteiger partial charge in [0, 0.05) is 0 Å². The van der Waals surface area contributed by atoms with Crippen molar-refractivity contribution in [3.63, 3.8) is 0 Å². The van der Waals surface area contributed by atoms with Crippen molar-refractivity contribution in [1.82, 2.24) is 5.16 Å². The number of anilines is 1. The average molecular weight is 260 g/mol. The number of aromatic nitrogens is 1. The van der Waals surface area contributed by atoms with Crippen LogP contribution in [-0.4, -0.2) is 18.4 Å². The van der Waals surface area contributed by atoms with Crippen LogP contribution in [0.5, 0.6) is 11.5 Å². The van der Waals surface area contributed by atoms with Crippen LogP contribution in [0, 0.1) is 0 Å². The summed E-state index contributed by atoms with van der Waals surface area (Å²) >= 11 is 0. The Morgan fingerprint density at radius 3 is 2.37 bits per heavy atom. The number of ether oxygens (including phenoxy) is 2. The Hall–Kier alpha value is -2.17. The first-order chi connectivity index (χ1) is 9.16. The molecule has 1 aromatic heterocycles. The number of hydrogen-bond acceptors (Lipinski definition) is 5. The highest BCUT2D eigenvalue weighted by Crippen LogP contribution is 2.41. The molecule has 0 bridgehead atoms. The van der Waals surface area contributed by atoms with E-state index in [1.54, 1.807) is 6.20 Å². The lowest BCUT2D eigenvalue weighted by Gasteiger charge is -2.22. The van der Waals surface area contributed by atoms with Crippen LogP contribution < -0.4 is 15.2 Å². The zero-order chi connectivity index (χ0) is 13.4. The van der Waals surface area contributed by atoms with E-state index in [-0.39, 0.29) is 0 Å². The summed E-state index contributed by atoms with van der Waals surface area (Å²) in [6.07, 6.45) is 1.63. The number of nitrogen functional groups attached to an aromatic ring is 1. The van der Waals surface area contributed by atoms with Gasteiger partial charge in [0.05, 0.1) is 11.8 Å². The zero-order valence-electron chi connectivity index (χ0n) is 11.0. The fraction of sp³-hybridized carbons (Fsp3) is 0.357. The fourth-order valence-corrected chi connectivity index (χ4v) is 2.27. The highest BCUT2D eigenvalue weighted by Gasteiger charge is 2.20. The number of fused-ring (bicyclic) bond motifs is 1. The minimum absolute atomic E-state index is 0.318. The van der Waals surface area contributed by atoms with E-state index in [2.05, 4.69) is 19.0 Å². The van der Waals surface area contributed by atoms with Gasteiger partial charge in [-0.25, -0.2) is 0 Å². The van der Waals surface area contributed by atoms with Crippen molar-refractivity contribution >= 4 is 5.88 Å². The second-order valence-electron chi connectivity index (χ2n) is 4.84. The maximum atomic E-state index is 5.82. The number of nitrogens with zero attached hydrogens (tertiary/aromatic N) is 1. The highest BCUT2D eigenvalue weighted by molar-refractivity contribution is 5.77. The largest absolute Gasteiger partial charge is 0.486 e. The summed E-state index contributed by atoms with van der Waals surface area (Å²) in [7, 11) is 0. The molecule has 0 spiro atoms. The molecular formula is C14H16N2O3. The quantitative estimate of drug-likeness (QED) is 0.899. The molecule has 3 rings (SSSR count). The Labute approximate surface area is 111 Å². The van der Waals surface area contributed by atoms with Crippen molar-refractivity contribution in [2.45, 2.75) is 19.8 Å². The van der Waals surface area contributed by atoms with E-state index in [0.717, 1.165) is 28.2 Å². The smallest absolute Gasteiger partial charge is 0.229 e. The van der Waals surface area contributed by atoms with Crippen LogP contribution in [0.4, 0.5) is 5.88 Å². The molecule has 2 heterocycles. The van der Waals surface area contributed by atoms with Crippen molar-refractivity contribution in [3.8, 4) is 22.6 Å². The number of nitrogens with two attached hydrogens (primary N) is 1. The molecule has 2 N–H and O–H groups in total. The van der Waals surface area contributed by atoms with Crippen LogP contribution in [0.3, 0.4) is 0 Å². The van der Waals surface area contributed by atoms with Crippen LogP contribution >= 0.6 is 0 Å². The summed E-state index contributed by atoms with van der Waals surface area (Å²) < 4.78 is 16.2. The summed E-state index contributed by atoms with van der Waals surface area (Å²) in [5, 5.41) is 3.74. The van der Waals surface area contributed by atoms with Gasteiger partial charge in [-0.1, -0.05) is 19.0 Å². The molecule has 1 aliphatic heterocycles. The van der Waals surface area contributed by atoms with E-state index in [0.29, 0.717) is 25.0 Å². The monoisotopic (exact) mass is 260 g/mol. The first kappa shape index (κ1) is 11.9. The van der Waals surface area contributed by atoms with Crippen molar-refractivity contribution in [2.75, 3.05) is 18.9 Å². The van der Waals surface area contributed by atoms with E-state index < -0.39 is 0 Å². The SMILES string of the molecule is CC(C)c1cc2c(cc1-c1cnoc1N)OCCO2. The molecule has 0 saturated heterocycles. The Kier molecular flexibility index (Phi) is 2.81. The third-order valence-electron chi connectivity index (χ3n) is 3.22. The predicted octanol–water partition coefficient (Wildman–Crippen LogP) is 2.82. The molecule has 2 aromatic rings. The first-order valence-electron chi connectivity index (χ1n) is 6.31. The molecule has 0 unspecified atom stereocenters. The molecule has 0 atom stereocenters. The molecule has 1 aromatic carbocycles.